The van der Waals surface area contributed by atoms with Crippen molar-refractivity contribution in [2.45, 2.75) is 32.0 Å². The number of phenolic OH excluding ortho intramolecular Hbond substituents is 1. The topological polar surface area (TPSA) is 142 Å². The average molecular weight is 783 g/mol. The Morgan fingerprint density at radius 2 is 1.80 bits per heavy atom. The van der Waals surface area contributed by atoms with Gasteiger partial charge in [-0.05, 0) is 54.7 Å². The minimum absolute atomic E-state index is 0. The molecule has 50 heavy (non-hydrogen) atoms. The first-order valence-electron chi connectivity index (χ1n) is 15.4. The molecule has 1 aliphatic heterocycles. The molecule has 1 saturated carbocycles. The summed E-state index contributed by atoms with van der Waals surface area (Å²) in [5.41, 5.74) is 0.344. The first kappa shape index (κ1) is 39.4. The van der Waals surface area contributed by atoms with E-state index in [0.717, 1.165) is 35.8 Å². The zero-order valence-corrected chi connectivity index (χ0v) is 29.9. The number of alkyl halides is 2. The molecule has 2 fully saturated rings. The van der Waals surface area contributed by atoms with Crippen LogP contribution in [0.3, 0.4) is 0 Å². The fraction of sp³-hybridized carbons (Fsp3) is 0.438. The number of rotatable bonds is 15. The number of carbonyl (C=O) groups excluding carboxylic acids is 1. The van der Waals surface area contributed by atoms with Gasteiger partial charge in [-0.25, -0.2) is 13.2 Å². The average Bonchev–Trinajstić information content (AvgIpc) is 3.87. The summed E-state index contributed by atoms with van der Waals surface area (Å²) in [6.07, 6.45) is 3.71. The molecule has 0 bridgehead atoms. The van der Waals surface area contributed by atoms with E-state index in [9.17, 15) is 32.3 Å². The number of halogens is 5. The van der Waals surface area contributed by atoms with E-state index in [1.807, 2.05) is 4.90 Å². The summed E-state index contributed by atoms with van der Waals surface area (Å²) in [6, 6.07) is 7.76. The van der Waals surface area contributed by atoms with Crippen LogP contribution in [-0.4, -0.2) is 83.3 Å². The molecule has 1 unspecified atom stereocenters. The minimum atomic E-state index is -3.90. The molecule has 1 saturated heterocycles. The molecule has 1 atom stereocenters. The molecule has 0 radical (unpaired) electrons. The van der Waals surface area contributed by atoms with Crippen molar-refractivity contribution in [1.82, 2.24) is 4.90 Å². The Kier molecular flexibility index (Phi) is 13.6. The van der Waals surface area contributed by atoms with Crippen molar-refractivity contribution in [1.29, 1.82) is 0 Å². The molecule has 1 aromatic heterocycles. The number of hydrogen-bond donors (Lipinski definition) is 1. The Balaban J connectivity index is 0.00000562. The standard InChI is InChI=1S/C32H35Cl2F2N3O9S.ClH/c1-49(43,44)39(9-8-37-10-12-45-13-11-37)26-14-22(4-6-27(26)40)31(41)47-29(16-23-24(33)17-38(42)18-25(23)34)21-5-7-28(48-32(35)36)30(15-21)46-19-20-2-3-20;/h4-7,14-15,17-18,20,29,32,40H,2-3,8-13,16,19H2,1H3;1H. The number of anilines is 1. The second-order valence-corrected chi connectivity index (χ2v) is 14.4. The van der Waals surface area contributed by atoms with Gasteiger partial charge in [0.1, 0.15) is 21.9 Å². The molecule has 0 amide bonds. The van der Waals surface area contributed by atoms with Crippen LogP contribution in [0, 0.1) is 11.1 Å². The lowest BCUT2D eigenvalue weighted by atomic mass is 10.0. The van der Waals surface area contributed by atoms with E-state index in [1.54, 1.807) is 0 Å². The van der Waals surface area contributed by atoms with Gasteiger partial charge in [0.05, 0.1) is 37.3 Å². The zero-order chi connectivity index (χ0) is 35.3. The van der Waals surface area contributed by atoms with E-state index < -0.39 is 28.7 Å². The van der Waals surface area contributed by atoms with Gasteiger partial charge < -0.3 is 29.3 Å². The van der Waals surface area contributed by atoms with Crippen LogP contribution in [0.25, 0.3) is 0 Å². The molecule has 2 aromatic carbocycles. The third-order valence-corrected chi connectivity index (χ3v) is 9.86. The largest absolute Gasteiger partial charge is 0.619 e. The Bertz CT molecular complexity index is 1740. The fourth-order valence-electron chi connectivity index (χ4n) is 5.23. The SMILES string of the molecule is CS(=O)(=O)N(CCN1CCOCC1)c1cc(C(=O)OC(Cc2c(Cl)c[n+]([O-])cc2Cl)c2ccc(OC(F)F)c(OCC3CC3)c2)ccc1O.Cl. The fourth-order valence-corrected chi connectivity index (χ4v) is 6.75. The van der Waals surface area contributed by atoms with Crippen molar-refractivity contribution in [2.24, 2.45) is 5.92 Å². The molecule has 2 aliphatic rings. The van der Waals surface area contributed by atoms with E-state index in [0.29, 0.717) is 43.1 Å². The van der Waals surface area contributed by atoms with Crippen molar-refractivity contribution in [2.75, 3.05) is 56.6 Å². The highest BCUT2D eigenvalue weighted by atomic mass is 35.5. The van der Waals surface area contributed by atoms with Crippen LogP contribution < -0.4 is 18.5 Å². The van der Waals surface area contributed by atoms with Crippen molar-refractivity contribution in [3.05, 3.63) is 80.7 Å². The number of morpholine rings is 1. The van der Waals surface area contributed by atoms with Gasteiger partial charge in [-0.2, -0.15) is 13.5 Å². The predicted octanol–water partition coefficient (Wildman–Crippen LogP) is 5.38. The Hall–Kier alpha value is -3.34. The Morgan fingerprint density at radius 1 is 1.12 bits per heavy atom. The van der Waals surface area contributed by atoms with Gasteiger partial charge >= 0.3 is 12.6 Å². The molecular formula is C32H36Cl3F2N3O9S. The van der Waals surface area contributed by atoms with Crippen molar-refractivity contribution in [3.63, 3.8) is 0 Å². The lowest BCUT2D eigenvalue weighted by Crippen LogP contribution is -2.43. The van der Waals surface area contributed by atoms with Crippen molar-refractivity contribution in [3.8, 4) is 17.2 Å². The number of esters is 1. The summed E-state index contributed by atoms with van der Waals surface area (Å²) < 4.78 is 75.3. The van der Waals surface area contributed by atoms with Crippen LogP contribution in [0.2, 0.25) is 10.0 Å². The van der Waals surface area contributed by atoms with Crippen LogP contribution >= 0.6 is 35.6 Å². The van der Waals surface area contributed by atoms with Gasteiger partial charge in [-0.1, -0.05) is 29.3 Å². The number of phenols is 1. The first-order chi connectivity index (χ1) is 23.3. The number of aromatic hydroxyl groups is 1. The lowest BCUT2D eigenvalue weighted by Gasteiger charge is -2.30. The number of pyridine rings is 1. The Labute approximate surface area is 304 Å². The summed E-state index contributed by atoms with van der Waals surface area (Å²) in [5, 5.41) is 22.6. The van der Waals surface area contributed by atoms with Gasteiger partial charge in [0, 0.05) is 38.2 Å². The molecule has 2 heterocycles. The first-order valence-corrected chi connectivity index (χ1v) is 18.0. The Morgan fingerprint density at radius 3 is 2.42 bits per heavy atom. The van der Waals surface area contributed by atoms with E-state index >= 15 is 0 Å². The summed E-state index contributed by atoms with van der Waals surface area (Å²) in [7, 11) is -3.90. The van der Waals surface area contributed by atoms with Crippen LogP contribution in [0.1, 0.15) is 40.4 Å². The summed E-state index contributed by atoms with van der Waals surface area (Å²) in [5.74, 6) is -1.22. The minimum Gasteiger partial charge on any atom is -0.619 e. The lowest BCUT2D eigenvalue weighted by molar-refractivity contribution is -0.605. The van der Waals surface area contributed by atoms with E-state index in [1.165, 1.54) is 36.4 Å². The molecule has 18 heteroatoms. The highest BCUT2D eigenvalue weighted by Crippen LogP contribution is 2.38. The monoisotopic (exact) mass is 781 g/mol. The highest BCUT2D eigenvalue weighted by Gasteiger charge is 2.28. The van der Waals surface area contributed by atoms with Crippen LogP contribution in [-0.2, 0) is 25.9 Å². The van der Waals surface area contributed by atoms with Crippen LogP contribution in [0.15, 0.2) is 48.8 Å². The van der Waals surface area contributed by atoms with E-state index in [2.05, 4.69) is 4.74 Å². The molecule has 12 nitrogen and oxygen atoms in total. The zero-order valence-electron chi connectivity index (χ0n) is 26.8. The van der Waals surface area contributed by atoms with Crippen molar-refractivity contribution >= 4 is 57.3 Å². The number of benzene rings is 2. The van der Waals surface area contributed by atoms with E-state index in [4.69, 9.17) is 37.4 Å². The smallest absolute Gasteiger partial charge is 0.387 e. The van der Waals surface area contributed by atoms with Gasteiger partial charge in [-0.15, -0.1) is 12.4 Å². The van der Waals surface area contributed by atoms with E-state index in [-0.39, 0.29) is 82.0 Å². The molecule has 0 spiro atoms. The number of carbonyl (C=O) groups is 1. The quantitative estimate of drug-likeness (QED) is 0.121. The van der Waals surface area contributed by atoms with Crippen LogP contribution in [0.5, 0.6) is 17.2 Å². The summed E-state index contributed by atoms with van der Waals surface area (Å²) >= 11 is 12.7. The number of aromatic nitrogens is 1. The van der Waals surface area contributed by atoms with Crippen molar-refractivity contribution < 1.29 is 50.8 Å². The third kappa shape index (κ3) is 10.6. The maximum absolute atomic E-state index is 13.7. The van der Waals surface area contributed by atoms with Crippen LogP contribution in [0.4, 0.5) is 14.5 Å². The second-order valence-electron chi connectivity index (χ2n) is 11.7. The molecule has 3 aromatic rings. The number of hydrogen-bond acceptors (Lipinski definition) is 10. The predicted molar refractivity (Wildman–Crippen MR) is 183 cm³/mol. The van der Waals surface area contributed by atoms with Gasteiger partial charge in [0.15, 0.2) is 23.9 Å². The number of nitrogens with zero attached hydrogens (tertiary/aromatic N) is 3. The van der Waals surface area contributed by atoms with Gasteiger partial charge in [0.25, 0.3) is 0 Å². The third-order valence-electron chi connectivity index (χ3n) is 8.03. The molecule has 1 N–H and O–H groups in total. The summed E-state index contributed by atoms with van der Waals surface area (Å²) in [6.45, 7) is -0.245. The molecule has 5 rings (SSSR count). The number of sulfonamides is 1. The van der Waals surface area contributed by atoms with Gasteiger partial charge in [-0.3, -0.25) is 9.21 Å². The normalized spacial score (nSPS) is 15.6. The maximum Gasteiger partial charge on any atom is 0.387 e. The summed E-state index contributed by atoms with van der Waals surface area (Å²) in [4.78, 5) is 15.8. The molecule has 274 valence electrons. The highest BCUT2D eigenvalue weighted by molar-refractivity contribution is 7.92. The maximum atomic E-state index is 13.7. The number of ether oxygens (including phenoxy) is 4. The second kappa shape index (κ2) is 17.2. The van der Waals surface area contributed by atoms with Gasteiger partial charge in [0.2, 0.25) is 10.0 Å². The molecular weight excluding hydrogens is 747 g/mol. The molecule has 1 aliphatic carbocycles.